The monoisotopic (exact) mass is 274 g/mol. The molecule has 1 aromatic heterocycles. The highest BCUT2D eigenvalue weighted by Gasteiger charge is 2.15. The zero-order chi connectivity index (χ0) is 15.2. The van der Waals surface area contributed by atoms with Crippen LogP contribution in [0.4, 0.5) is 0 Å². The Morgan fingerprint density at radius 3 is 2.48 bits per heavy atom. The molecule has 0 aliphatic carbocycles. The summed E-state index contributed by atoms with van der Waals surface area (Å²) in [5, 5.41) is 14.4. The number of hydrogen-bond donors (Lipinski definition) is 1. The summed E-state index contributed by atoms with van der Waals surface area (Å²) < 4.78 is 1.55. The van der Waals surface area contributed by atoms with Crippen LogP contribution in [-0.4, -0.2) is 14.9 Å². The molecule has 0 atom stereocenters. The van der Waals surface area contributed by atoms with Crippen molar-refractivity contribution < 1.29 is 5.11 Å². The van der Waals surface area contributed by atoms with Crippen molar-refractivity contribution in [1.29, 1.82) is 0 Å². The summed E-state index contributed by atoms with van der Waals surface area (Å²) in [6, 6.07) is 9.99. The third-order valence-corrected chi connectivity index (χ3v) is 2.99. The summed E-state index contributed by atoms with van der Waals surface area (Å²) >= 11 is 0. The lowest BCUT2D eigenvalue weighted by Crippen LogP contribution is -1.95. The van der Waals surface area contributed by atoms with Crippen molar-refractivity contribution in [3.63, 3.8) is 0 Å². The lowest BCUT2D eigenvalue weighted by atomic mass is 10.1. The van der Waals surface area contributed by atoms with Gasteiger partial charge in [0.15, 0.2) is 0 Å². The average molecular weight is 274 g/mol. The van der Waals surface area contributed by atoms with Crippen LogP contribution >= 0.6 is 0 Å². The highest BCUT2D eigenvalue weighted by molar-refractivity contribution is 5.71. The largest absolute Gasteiger partial charge is 0.507 e. The first-order chi connectivity index (χ1) is 10.1. The number of aromatic hydroxyl groups is 1. The number of rotatable bonds is 1. The topological polar surface area (TPSA) is 38.0 Å². The number of phenolic OH excluding ortho intramolecular Hbond substituents is 1. The van der Waals surface area contributed by atoms with E-state index >= 15 is 0 Å². The van der Waals surface area contributed by atoms with Gasteiger partial charge < -0.3 is 5.11 Å². The molecule has 102 valence electrons. The van der Waals surface area contributed by atoms with Crippen molar-refractivity contribution in [2.75, 3.05) is 0 Å². The van der Waals surface area contributed by atoms with Gasteiger partial charge in [0.25, 0.3) is 0 Å². The Labute approximate surface area is 124 Å². The van der Waals surface area contributed by atoms with Crippen molar-refractivity contribution in [3.05, 3.63) is 35.5 Å². The van der Waals surface area contributed by atoms with E-state index in [4.69, 9.17) is 0 Å². The first-order valence-electron chi connectivity index (χ1n) is 6.42. The summed E-state index contributed by atoms with van der Waals surface area (Å²) in [7, 11) is 0. The number of hydrogen-bond acceptors (Lipinski definition) is 2. The molecule has 1 aromatic carbocycles. The van der Waals surface area contributed by atoms with Crippen LogP contribution in [0.2, 0.25) is 0 Å². The predicted molar refractivity (Wildman–Crippen MR) is 83.2 cm³/mol. The minimum Gasteiger partial charge on any atom is -0.507 e. The molecule has 0 fully saturated rings. The van der Waals surface area contributed by atoms with Crippen molar-refractivity contribution in [3.8, 4) is 52.7 Å². The molecule has 2 aromatic rings. The first-order valence-corrected chi connectivity index (χ1v) is 6.42. The second-order valence-electron chi connectivity index (χ2n) is 4.35. The van der Waals surface area contributed by atoms with Gasteiger partial charge >= 0.3 is 0 Å². The Morgan fingerprint density at radius 1 is 1.05 bits per heavy atom. The highest BCUT2D eigenvalue weighted by atomic mass is 16.3. The molecule has 0 saturated carbocycles. The standard InChI is InChI=1S/C18H14N2O/c1-4-5-6-7-10-13-20-18(14(2)15(3)19-20)16-11-8-9-12-17(16)21/h8-9,11-12,21H,1-3H3. The molecule has 0 amide bonds. The maximum Gasteiger partial charge on any atom is 0.125 e. The van der Waals surface area contributed by atoms with Crippen molar-refractivity contribution in [1.82, 2.24) is 9.78 Å². The Morgan fingerprint density at radius 2 is 1.76 bits per heavy atom. The van der Waals surface area contributed by atoms with Crippen LogP contribution in [0.25, 0.3) is 11.3 Å². The van der Waals surface area contributed by atoms with Crippen LogP contribution in [0.15, 0.2) is 24.3 Å². The molecule has 0 unspecified atom stereocenters. The van der Waals surface area contributed by atoms with Crippen LogP contribution in [0, 0.1) is 49.5 Å². The average Bonchev–Trinajstić information content (AvgIpc) is 2.75. The van der Waals surface area contributed by atoms with E-state index in [9.17, 15) is 5.11 Å². The van der Waals surface area contributed by atoms with E-state index in [1.165, 1.54) is 0 Å². The molecule has 21 heavy (non-hydrogen) atoms. The molecule has 2 rings (SSSR count). The zero-order valence-electron chi connectivity index (χ0n) is 12.2. The minimum atomic E-state index is 0.200. The quantitative estimate of drug-likeness (QED) is 0.812. The van der Waals surface area contributed by atoms with Gasteiger partial charge in [-0.25, -0.2) is 0 Å². The molecule has 0 aliphatic heterocycles. The number of aromatic nitrogens is 2. The molecular weight excluding hydrogens is 260 g/mol. The van der Waals surface area contributed by atoms with Gasteiger partial charge in [-0.15, -0.1) is 0 Å². The van der Waals surface area contributed by atoms with Gasteiger partial charge in [-0.2, -0.15) is 9.78 Å². The molecule has 0 saturated heterocycles. The van der Waals surface area contributed by atoms with E-state index in [-0.39, 0.29) is 5.75 Å². The Hall–Kier alpha value is -3.09. The number of para-hydroxylation sites is 1. The van der Waals surface area contributed by atoms with Gasteiger partial charge in [0, 0.05) is 23.4 Å². The SMILES string of the molecule is CC#CC#CC#Cn1nc(C)c(C)c1-c1ccccc1O. The lowest BCUT2D eigenvalue weighted by Gasteiger charge is -2.05. The minimum absolute atomic E-state index is 0.200. The summed E-state index contributed by atoms with van der Waals surface area (Å²) in [6.45, 7) is 5.58. The van der Waals surface area contributed by atoms with E-state index in [2.05, 4.69) is 40.7 Å². The van der Waals surface area contributed by atoms with Crippen LogP contribution < -0.4 is 0 Å². The summed E-state index contributed by atoms with van der Waals surface area (Å²) in [4.78, 5) is 0. The third-order valence-electron chi connectivity index (χ3n) is 2.99. The lowest BCUT2D eigenvalue weighted by molar-refractivity contribution is 0.477. The van der Waals surface area contributed by atoms with Crippen molar-refractivity contribution in [2.24, 2.45) is 0 Å². The first kappa shape index (κ1) is 14.3. The van der Waals surface area contributed by atoms with Gasteiger partial charge in [0.2, 0.25) is 0 Å². The maximum absolute atomic E-state index is 10.0. The molecule has 1 N–H and O–H groups in total. The molecule has 3 heteroatoms. The fourth-order valence-corrected chi connectivity index (χ4v) is 1.88. The Kier molecular flexibility index (Phi) is 4.35. The molecule has 0 radical (unpaired) electrons. The second kappa shape index (κ2) is 6.38. The third kappa shape index (κ3) is 3.08. The Bertz CT molecular complexity index is 856. The smallest absolute Gasteiger partial charge is 0.125 e. The van der Waals surface area contributed by atoms with Crippen LogP contribution in [-0.2, 0) is 0 Å². The van der Waals surface area contributed by atoms with Crippen LogP contribution in [0.5, 0.6) is 5.75 Å². The zero-order valence-corrected chi connectivity index (χ0v) is 12.2. The molecular formula is C18H14N2O. The van der Waals surface area contributed by atoms with Gasteiger partial charge in [-0.05, 0) is 50.3 Å². The van der Waals surface area contributed by atoms with Crippen LogP contribution in [0.1, 0.15) is 18.2 Å². The summed E-state index contributed by atoms with van der Waals surface area (Å²) in [5.74, 6) is 13.5. The normalized spacial score (nSPS) is 8.71. The maximum atomic E-state index is 10.0. The van der Waals surface area contributed by atoms with Gasteiger partial charge in [0.05, 0.1) is 11.4 Å². The van der Waals surface area contributed by atoms with E-state index in [1.54, 1.807) is 23.7 Å². The number of phenols is 1. The molecule has 0 bridgehead atoms. The number of aryl methyl sites for hydroxylation is 1. The van der Waals surface area contributed by atoms with E-state index in [0.717, 1.165) is 17.0 Å². The molecule has 0 spiro atoms. The Balaban J connectivity index is 2.54. The van der Waals surface area contributed by atoms with E-state index in [0.29, 0.717) is 5.56 Å². The van der Waals surface area contributed by atoms with E-state index in [1.807, 2.05) is 26.0 Å². The fraction of sp³-hybridized carbons (Fsp3) is 0.167. The van der Waals surface area contributed by atoms with Crippen LogP contribution in [0.3, 0.4) is 0 Å². The molecule has 1 heterocycles. The summed E-state index contributed by atoms with van der Waals surface area (Å²) in [6.07, 6.45) is 0. The van der Waals surface area contributed by atoms with Crippen molar-refractivity contribution in [2.45, 2.75) is 20.8 Å². The predicted octanol–water partition coefficient (Wildman–Crippen LogP) is 2.71. The second-order valence-corrected chi connectivity index (χ2v) is 4.35. The van der Waals surface area contributed by atoms with Gasteiger partial charge in [0.1, 0.15) is 5.75 Å². The molecule has 3 nitrogen and oxygen atoms in total. The van der Waals surface area contributed by atoms with Gasteiger partial charge in [-0.3, -0.25) is 0 Å². The number of benzene rings is 1. The van der Waals surface area contributed by atoms with Gasteiger partial charge in [-0.1, -0.05) is 18.1 Å². The number of nitrogens with zero attached hydrogens (tertiary/aromatic N) is 2. The highest BCUT2D eigenvalue weighted by Crippen LogP contribution is 2.31. The molecule has 0 aliphatic rings. The fourth-order valence-electron chi connectivity index (χ4n) is 1.88. The summed E-state index contributed by atoms with van der Waals surface area (Å²) in [5.41, 5.74) is 3.32. The van der Waals surface area contributed by atoms with E-state index < -0.39 is 0 Å². The van der Waals surface area contributed by atoms with Crippen molar-refractivity contribution >= 4 is 0 Å².